The Morgan fingerprint density at radius 2 is 1.73 bits per heavy atom. The van der Waals surface area contributed by atoms with Gasteiger partial charge in [-0.15, -0.1) is 23.2 Å². The molecule has 0 rings (SSSR count). The molecule has 0 N–H and O–H groups in total. The normalized spacial score (nSPS) is 13.4. The zero-order valence-electron chi connectivity index (χ0n) is 7.28. The summed E-state index contributed by atoms with van der Waals surface area (Å²) in [7, 11) is 0. The summed E-state index contributed by atoms with van der Waals surface area (Å²) < 4.78 is 0. The molecule has 1 atom stereocenters. The van der Waals surface area contributed by atoms with Gasteiger partial charge in [0.1, 0.15) is 0 Å². The summed E-state index contributed by atoms with van der Waals surface area (Å²) in [6.07, 6.45) is 7.23. The molecule has 0 aromatic heterocycles. The van der Waals surface area contributed by atoms with Crippen LogP contribution in [0.4, 0.5) is 0 Å². The third kappa shape index (κ3) is 8.49. The van der Waals surface area contributed by atoms with Crippen molar-refractivity contribution in [3.8, 4) is 0 Å². The van der Waals surface area contributed by atoms with Gasteiger partial charge in [0, 0.05) is 11.3 Å². The zero-order valence-corrected chi connectivity index (χ0v) is 8.79. The smallest absolute Gasteiger partial charge is 0.0333 e. The summed E-state index contributed by atoms with van der Waals surface area (Å²) in [4.78, 5) is 0. The van der Waals surface area contributed by atoms with Crippen molar-refractivity contribution >= 4 is 23.2 Å². The van der Waals surface area contributed by atoms with E-state index in [1.54, 1.807) is 0 Å². The average Bonchev–Trinajstić information content (AvgIpc) is 2.04. The van der Waals surface area contributed by atoms with Crippen LogP contribution >= 0.6 is 23.2 Å². The molecular formula is C9H18Cl2. The van der Waals surface area contributed by atoms with E-state index in [1.807, 2.05) is 0 Å². The molecule has 0 heterocycles. The molecule has 0 spiro atoms. The highest BCUT2D eigenvalue weighted by Gasteiger charge is 1.99. The first-order chi connectivity index (χ1) is 5.31. The summed E-state index contributed by atoms with van der Waals surface area (Å²) >= 11 is 11.5. The highest BCUT2D eigenvalue weighted by molar-refractivity contribution is 6.20. The van der Waals surface area contributed by atoms with Crippen LogP contribution in [-0.4, -0.2) is 11.3 Å². The van der Waals surface area contributed by atoms with E-state index in [9.17, 15) is 0 Å². The quantitative estimate of drug-likeness (QED) is 0.424. The molecule has 0 aromatic rings. The Labute approximate surface area is 80.3 Å². The van der Waals surface area contributed by atoms with E-state index in [-0.39, 0.29) is 0 Å². The fourth-order valence-corrected chi connectivity index (χ4v) is 1.36. The molecule has 0 aliphatic carbocycles. The Morgan fingerprint density at radius 3 is 2.27 bits per heavy atom. The molecule has 0 amide bonds. The van der Waals surface area contributed by atoms with Gasteiger partial charge in [-0.05, 0) is 19.3 Å². The van der Waals surface area contributed by atoms with Gasteiger partial charge in [0.2, 0.25) is 0 Å². The lowest BCUT2D eigenvalue weighted by Gasteiger charge is -2.04. The molecule has 68 valence electrons. The van der Waals surface area contributed by atoms with Crippen LogP contribution in [0.15, 0.2) is 0 Å². The highest BCUT2D eigenvalue weighted by atomic mass is 35.5. The Balaban J connectivity index is 2.89. The minimum Gasteiger partial charge on any atom is -0.127 e. The molecule has 0 saturated carbocycles. The van der Waals surface area contributed by atoms with Gasteiger partial charge in [-0.25, -0.2) is 0 Å². The molecule has 0 radical (unpaired) electrons. The fraction of sp³-hybridized carbons (Fsp3) is 1.00. The van der Waals surface area contributed by atoms with Gasteiger partial charge in [0.15, 0.2) is 0 Å². The van der Waals surface area contributed by atoms with E-state index in [4.69, 9.17) is 23.2 Å². The Hall–Kier alpha value is 0.580. The van der Waals surface area contributed by atoms with Crippen LogP contribution in [0.5, 0.6) is 0 Å². The number of hydrogen-bond acceptors (Lipinski definition) is 0. The first-order valence-corrected chi connectivity index (χ1v) is 5.48. The van der Waals surface area contributed by atoms with Crippen molar-refractivity contribution in [2.45, 2.75) is 50.8 Å². The maximum absolute atomic E-state index is 5.95. The lowest BCUT2D eigenvalue weighted by Crippen LogP contribution is -1.95. The lowest BCUT2D eigenvalue weighted by atomic mass is 10.1. The Bertz CT molecular complexity index is 74.0. The van der Waals surface area contributed by atoms with Crippen molar-refractivity contribution in [1.82, 2.24) is 0 Å². The number of alkyl halides is 2. The number of hydrogen-bond donors (Lipinski definition) is 0. The Kier molecular flexibility index (Phi) is 9.13. The van der Waals surface area contributed by atoms with Gasteiger partial charge in [0.05, 0.1) is 0 Å². The second-order valence-corrected chi connectivity index (χ2v) is 3.89. The third-order valence-electron chi connectivity index (χ3n) is 1.84. The molecule has 0 bridgehead atoms. The van der Waals surface area contributed by atoms with Gasteiger partial charge in [0.25, 0.3) is 0 Å². The summed E-state index contributed by atoms with van der Waals surface area (Å²) in [5, 5.41) is 0.394. The van der Waals surface area contributed by atoms with Crippen molar-refractivity contribution in [3.63, 3.8) is 0 Å². The van der Waals surface area contributed by atoms with Crippen LogP contribution in [-0.2, 0) is 0 Å². The monoisotopic (exact) mass is 196 g/mol. The van der Waals surface area contributed by atoms with Crippen molar-refractivity contribution in [2.75, 3.05) is 5.88 Å². The topological polar surface area (TPSA) is 0 Å². The first kappa shape index (κ1) is 11.6. The molecule has 0 nitrogen and oxygen atoms in total. The SMILES string of the molecule is CCC(Cl)CCCCCCCl. The number of halogens is 2. The van der Waals surface area contributed by atoms with E-state index in [0.29, 0.717) is 5.38 Å². The highest BCUT2D eigenvalue weighted by Crippen LogP contribution is 2.12. The third-order valence-corrected chi connectivity index (χ3v) is 2.64. The summed E-state index contributed by atoms with van der Waals surface area (Å²) in [6, 6.07) is 0. The van der Waals surface area contributed by atoms with Crippen molar-refractivity contribution < 1.29 is 0 Å². The number of unbranched alkanes of at least 4 members (excludes halogenated alkanes) is 3. The van der Waals surface area contributed by atoms with Crippen LogP contribution in [0.3, 0.4) is 0 Å². The van der Waals surface area contributed by atoms with Crippen molar-refractivity contribution in [1.29, 1.82) is 0 Å². The average molecular weight is 197 g/mol. The van der Waals surface area contributed by atoms with Crippen LogP contribution in [0.25, 0.3) is 0 Å². The van der Waals surface area contributed by atoms with Gasteiger partial charge in [-0.3, -0.25) is 0 Å². The fourth-order valence-electron chi connectivity index (χ4n) is 1.02. The molecule has 0 aliphatic heterocycles. The minimum absolute atomic E-state index is 0.394. The molecular weight excluding hydrogens is 179 g/mol. The van der Waals surface area contributed by atoms with E-state index >= 15 is 0 Å². The molecule has 1 unspecified atom stereocenters. The molecule has 11 heavy (non-hydrogen) atoms. The molecule has 0 aliphatic rings. The second-order valence-electron chi connectivity index (χ2n) is 2.90. The van der Waals surface area contributed by atoms with Gasteiger partial charge in [-0.1, -0.05) is 26.2 Å². The van der Waals surface area contributed by atoms with Crippen LogP contribution in [0.2, 0.25) is 0 Å². The molecule has 0 saturated heterocycles. The van der Waals surface area contributed by atoms with Crippen molar-refractivity contribution in [3.05, 3.63) is 0 Å². The maximum atomic E-state index is 5.95. The van der Waals surface area contributed by atoms with E-state index in [0.717, 1.165) is 18.7 Å². The first-order valence-electron chi connectivity index (χ1n) is 4.51. The second kappa shape index (κ2) is 8.67. The summed E-state index contributed by atoms with van der Waals surface area (Å²) in [5.74, 6) is 0.804. The predicted molar refractivity (Wildman–Crippen MR) is 53.7 cm³/mol. The van der Waals surface area contributed by atoms with E-state index in [1.165, 1.54) is 25.7 Å². The largest absolute Gasteiger partial charge is 0.127 e. The number of rotatable bonds is 7. The minimum atomic E-state index is 0.394. The maximum Gasteiger partial charge on any atom is 0.0333 e. The molecule has 0 fully saturated rings. The molecule has 0 aromatic carbocycles. The zero-order chi connectivity index (χ0) is 8.53. The molecule has 2 heteroatoms. The van der Waals surface area contributed by atoms with Crippen molar-refractivity contribution in [2.24, 2.45) is 0 Å². The predicted octanol–water partition coefficient (Wildman–Crippen LogP) is 4.19. The van der Waals surface area contributed by atoms with Gasteiger partial charge in [-0.2, -0.15) is 0 Å². The van der Waals surface area contributed by atoms with Crippen LogP contribution in [0.1, 0.15) is 45.4 Å². The van der Waals surface area contributed by atoms with Gasteiger partial charge >= 0.3 is 0 Å². The van der Waals surface area contributed by atoms with Crippen LogP contribution in [0, 0.1) is 0 Å². The van der Waals surface area contributed by atoms with E-state index < -0.39 is 0 Å². The standard InChI is InChI=1S/C9H18Cl2/c1-2-9(11)7-5-3-4-6-8-10/h9H,2-8H2,1H3. The summed E-state index contributed by atoms with van der Waals surface area (Å²) in [6.45, 7) is 2.14. The summed E-state index contributed by atoms with van der Waals surface area (Å²) in [5.41, 5.74) is 0. The lowest BCUT2D eigenvalue weighted by molar-refractivity contribution is 0.608. The van der Waals surface area contributed by atoms with Crippen LogP contribution < -0.4 is 0 Å². The van der Waals surface area contributed by atoms with E-state index in [2.05, 4.69) is 6.92 Å². The van der Waals surface area contributed by atoms with Gasteiger partial charge < -0.3 is 0 Å². The Morgan fingerprint density at radius 1 is 1.09 bits per heavy atom.